The van der Waals surface area contributed by atoms with Crippen molar-refractivity contribution in [2.75, 3.05) is 6.54 Å². The first-order valence-corrected chi connectivity index (χ1v) is 7.88. The Morgan fingerprint density at radius 2 is 2.17 bits per heavy atom. The second-order valence-corrected chi connectivity index (χ2v) is 6.19. The minimum atomic E-state index is -0.733. The smallest absolute Gasteiger partial charge is 0.274 e. The van der Waals surface area contributed by atoms with E-state index in [1.165, 1.54) is 6.20 Å². The van der Waals surface area contributed by atoms with E-state index in [1.54, 1.807) is 12.1 Å². The zero-order valence-electron chi connectivity index (χ0n) is 13.5. The van der Waals surface area contributed by atoms with Crippen molar-refractivity contribution < 1.29 is 9.18 Å². The molecule has 0 aliphatic heterocycles. The summed E-state index contributed by atoms with van der Waals surface area (Å²) in [6.45, 7) is 6.10. The van der Waals surface area contributed by atoms with Crippen LogP contribution < -0.4 is 5.32 Å². The Kier molecular flexibility index (Phi) is 4.28. The first-order valence-electron chi connectivity index (χ1n) is 7.51. The van der Waals surface area contributed by atoms with Gasteiger partial charge in [-0.15, -0.1) is 0 Å². The Hall–Kier alpha value is -2.41. The van der Waals surface area contributed by atoms with Gasteiger partial charge in [-0.05, 0) is 39.0 Å². The molecule has 3 aromatic heterocycles. The van der Waals surface area contributed by atoms with Crippen LogP contribution in [-0.2, 0) is 0 Å². The largest absolute Gasteiger partial charge is 0.348 e. The second kappa shape index (κ2) is 6.24. The van der Waals surface area contributed by atoms with Crippen molar-refractivity contribution >= 4 is 23.2 Å². The van der Waals surface area contributed by atoms with Crippen molar-refractivity contribution in [3.8, 4) is 0 Å². The van der Waals surface area contributed by atoms with E-state index >= 15 is 0 Å². The van der Waals surface area contributed by atoms with Gasteiger partial charge in [-0.1, -0.05) is 11.6 Å². The van der Waals surface area contributed by atoms with Crippen molar-refractivity contribution in [2.24, 2.45) is 0 Å². The number of pyridine rings is 1. The van der Waals surface area contributed by atoms with Crippen LogP contribution in [0.1, 0.15) is 34.8 Å². The molecule has 0 saturated heterocycles. The van der Waals surface area contributed by atoms with E-state index in [0.717, 1.165) is 15.8 Å². The van der Waals surface area contributed by atoms with Gasteiger partial charge in [-0.2, -0.15) is 9.49 Å². The summed E-state index contributed by atoms with van der Waals surface area (Å²) < 4.78 is 17.3. The number of nitrogens with zero attached hydrogens (tertiary/aromatic N) is 4. The maximum atomic E-state index is 14.3. The van der Waals surface area contributed by atoms with E-state index in [4.69, 9.17) is 11.6 Å². The highest BCUT2D eigenvalue weighted by molar-refractivity contribution is 6.30. The first-order chi connectivity index (χ1) is 11.4. The molecule has 6 nitrogen and oxygen atoms in total. The number of hydrogen-bond acceptors (Lipinski definition) is 3. The van der Waals surface area contributed by atoms with Gasteiger partial charge in [-0.25, -0.2) is 4.98 Å². The van der Waals surface area contributed by atoms with Gasteiger partial charge in [0, 0.05) is 18.4 Å². The maximum absolute atomic E-state index is 14.3. The molecule has 24 heavy (non-hydrogen) atoms. The van der Waals surface area contributed by atoms with Crippen LogP contribution in [0, 0.1) is 19.8 Å². The predicted molar refractivity (Wildman–Crippen MR) is 88.9 cm³/mol. The lowest BCUT2D eigenvalue weighted by molar-refractivity contribution is 0.0938. The molecule has 0 saturated carbocycles. The number of carbonyl (C=O) groups is 1. The van der Waals surface area contributed by atoms with E-state index in [-0.39, 0.29) is 11.7 Å². The van der Waals surface area contributed by atoms with Gasteiger partial charge in [-0.3, -0.25) is 13.9 Å². The minimum Gasteiger partial charge on any atom is -0.348 e. The van der Waals surface area contributed by atoms with E-state index in [0.29, 0.717) is 17.2 Å². The molecule has 0 bridgehead atoms. The Morgan fingerprint density at radius 3 is 2.83 bits per heavy atom. The Bertz CT molecular complexity index is 917. The fraction of sp³-hybridized carbons (Fsp3) is 0.312. The molecule has 0 radical (unpaired) electrons. The third-order valence-electron chi connectivity index (χ3n) is 3.76. The van der Waals surface area contributed by atoms with Crippen molar-refractivity contribution in [2.45, 2.75) is 26.8 Å². The monoisotopic (exact) mass is 349 g/mol. The van der Waals surface area contributed by atoms with Crippen molar-refractivity contribution in [3.63, 3.8) is 0 Å². The number of aromatic nitrogens is 4. The molecular formula is C16H17ClFN5O. The highest BCUT2D eigenvalue weighted by atomic mass is 35.5. The van der Waals surface area contributed by atoms with Gasteiger partial charge in [0.1, 0.15) is 5.65 Å². The number of fused-ring (bicyclic) bond motifs is 1. The third kappa shape index (κ3) is 2.99. The highest BCUT2D eigenvalue weighted by Crippen LogP contribution is 2.16. The van der Waals surface area contributed by atoms with Crippen LogP contribution in [0.3, 0.4) is 0 Å². The predicted octanol–water partition coefficient (Wildman–Crippen LogP) is 2.93. The lowest BCUT2D eigenvalue weighted by Gasteiger charge is -2.14. The summed E-state index contributed by atoms with van der Waals surface area (Å²) in [6.07, 6.45) is 1.38. The average Bonchev–Trinajstić information content (AvgIpc) is 3.04. The summed E-state index contributed by atoms with van der Waals surface area (Å²) in [7, 11) is 0. The Balaban J connectivity index is 1.75. The van der Waals surface area contributed by atoms with Crippen molar-refractivity contribution in [3.05, 3.63) is 52.4 Å². The number of halogens is 2. The fourth-order valence-electron chi connectivity index (χ4n) is 2.64. The lowest BCUT2D eigenvalue weighted by atomic mass is 10.3. The number of hydrogen-bond donors (Lipinski definition) is 1. The SMILES string of the molecule is Cc1cc(C)n([C@H](C)CNC(=O)c2nc3ccc(Cl)cn3c2F)n1. The van der Waals surface area contributed by atoms with E-state index < -0.39 is 11.9 Å². The van der Waals surface area contributed by atoms with Gasteiger partial charge >= 0.3 is 0 Å². The van der Waals surface area contributed by atoms with Crippen LogP contribution in [-0.4, -0.2) is 31.6 Å². The third-order valence-corrected chi connectivity index (χ3v) is 3.98. The van der Waals surface area contributed by atoms with Crippen molar-refractivity contribution in [1.82, 2.24) is 24.5 Å². The number of amides is 1. The van der Waals surface area contributed by atoms with Crippen LogP contribution in [0.4, 0.5) is 4.39 Å². The van der Waals surface area contributed by atoms with Crippen LogP contribution >= 0.6 is 11.6 Å². The van der Waals surface area contributed by atoms with Crippen LogP contribution in [0.25, 0.3) is 5.65 Å². The fourth-order valence-corrected chi connectivity index (χ4v) is 2.80. The molecule has 3 heterocycles. The molecule has 0 aliphatic rings. The highest BCUT2D eigenvalue weighted by Gasteiger charge is 2.20. The summed E-state index contributed by atoms with van der Waals surface area (Å²) in [4.78, 5) is 16.3. The molecule has 0 fully saturated rings. The normalized spacial score (nSPS) is 12.5. The molecule has 3 rings (SSSR count). The summed E-state index contributed by atoms with van der Waals surface area (Å²) in [6, 6.07) is 5.05. The maximum Gasteiger partial charge on any atom is 0.274 e. The second-order valence-electron chi connectivity index (χ2n) is 5.76. The van der Waals surface area contributed by atoms with Crippen LogP contribution in [0.15, 0.2) is 24.4 Å². The molecular weight excluding hydrogens is 333 g/mol. The number of imidazole rings is 1. The molecule has 8 heteroatoms. The minimum absolute atomic E-state index is 0.0582. The molecule has 0 spiro atoms. The molecule has 0 unspecified atom stereocenters. The summed E-state index contributed by atoms with van der Waals surface area (Å²) in [5, 5.41) is 7.45. The molecule has 1 atom stereocenters. The van der Waals surface area contributed by atoms with Crippen LogP contribution in [0.2, 0.25) is 5.02 Å². The van der Waals surface area contributed by atoms with Gasteiger partial charge in [0.15, 0.2) is 5.69 Å². The summed E-state index contributed by atoms with van der Waals surface area (Å²) in [5.74, 6) is -1.30. The van der Waals surface area contributed by atoms with Gasteiger partial charge in [0.05, 0.1) is 16.8 Å². The molecule has 3 aromatic rings. The zero-order chi connectivity index (χ0) is 17.4. The topological polar surface area (TPSA) is 64.2 Å². The molecule has 1 N–H and O–H groups in total. The quantitative estimate of drug-likeness (QED) is 0.787. The van der Waals surface area contributed by atoms with Crippen molar-refractivity contribution in [1.29, 1.82) is 0 Å². The zero-order valence-corrected chi connectivity index (χ0v) is 14.3. The Morgan fingerprint density at radius 1 is 1.42 bits per heavy atom. The summed E-state index contributed by atoms with van der Waals surface area (Å²) >= 11 is 5.84. The molecule has 1 amide bonds. The number of nitrogens with one attached hydrogen (secondary N) is 1. The van der Waals surface area contributed by atoms with Gasteiger partial charge in [0.2, 0.25) is 5.95 Å². The lowest BCUT2D eigenvalue weighted by Crippen LogP contribution is -2.31. The van der Waals surface area contributed by atoms with Crippen LogP contribution in [0.5, 0.6) is 0 Å². The first kappa shape index (κ1) is 16.4. The molecule has 0 aliphatic carbocycles. The number of aryl methyl sites for hydroxylation is 2. The van der Waals surface area contributed by atoms with E-state index in [1.807, 2.05) is 31.5 Å². The average molecular weight is 350 g/mol. The molecule has 126 valence electrons. The van der Waals surface area contributed by atoms with E-state index in [9.17, 15) is 9.18 Å². The van der Waals surface area contributed by atoms with Gasteiger partial charge in [0.25, 0.3) is 5.91 Å². The summed E-state index contributed by atoms with van der Waals surface area (Å²) in [5.41, 5.74) is 1.99. The number of rotatable bonds is 4. The standard InChI is InChI=1S/C16H17ClFN5O/c1-9-6-10(2)23(21-9)11(3)7-19-16(24)14-15(18)22-8-12(17)4-5-13(22)20-14/h4-6,8,11H,7H2,1-3H3,(H,19,24)/t11-/m1/s1. The molecule has 0 aromatic carbocycles. The van der Waals surface area contributed by atoms with Gasteiger partial charge < -0.3 is 5.32 Å². The number of carbonyl (C=O) groups excluding carboxylic acids is 1. The van der Waals surface area contributed by atoms with E-state index in [2.05, 4.69) is 15.4 Å². The Labute approximate surface area is 143 Å².